The Morgan fingerprint density at radius 1 is 2.00 bits per heavy atom. The second-order valence-corrected chi connectivity index (χ2v) is 0.823. The van der Waals surface area contributed by atoms with Gasteiger partial charge in [0, 0.05) is 6.54 Å². The zero-order chi connectivity index (χ0) is 5.54. The topological polar surface area (TPSA) is 38.3 Å². The van der Waals surface area contributed by atoms with E-state index in [1.54, 1.807) is 6.08 Å². The van der Waals surface area contributed by atoms with Gasteiger partial charge >= 0.3 is 6.47 Å². The summed E-state index contributed by atoms with van der Waals surface area (Å²) in [4.78, 5) is 13.2. The molecule has 0 saturated heterocycles. The van der Waals surface area contributed by atoms with Gasteiger partial charge in [-0.2, -0.15) is 0 Å². The molecule has 0 atom stereocenters. The van der Waals surface area contributed by atoms with Crippen molar-refractivity contribution in [3.05, 3.63) is 12.7 Å². The summed E-state index contributed by atoms with van der Waals surface area (Å²) in [6.07, 6.45) is 1.57. The van der Waals surface area contributed by atoms with Crippen molar-refractivity contribution in [1.29, 1.82) is 0 Å². The lowest BCUT2D eigenvalue weighted by Gasteiger charge is -1.89. The van der Waals surface area contributed by atoms with Gasteiger partial charge in [-0.25, -0.2) is 4.79 Å². The van der Waals surface area contributed by atoms with Crippen LogP contribution in [-0.4, -0.2) is 13.0 Å². The summed E-state index contributed by atoms with van der Waals surface area (Å²) in [5.74, 6) is 0. The number of hydrogen-bond donors (Lipinski definition) is 1. The van der Waals surface area contributed by atoms with E-state index in [2.05, 4.69) is 16.9 Å². The second kappa shape index (κ2) is 5.17. The van der Waals surface area contributed by atoms with Crippen LogP contribution in [0, 0.1) is 0 Å². The summed E-state index contributed by atoms with van der Waals surface area (Å²) in [7, 11) is 0. The van der Waals surface area contributed by atoms with E-state index in [1.165, 1.54) is 6.47 Å². The molecule has 0 saturated carbocycles. The van der Waals surface area contributed by atoms with Crippen LogP contribution in [0.5, 0.6) is 0 Å². The fourth-order valence-electron chi connectivity index (χ4n) is 0.130. The number of rotatable bonds is 4. The summed E-state index contributed by atoms with van der Waals surface area (Å²) in [6.45, 7) is 5.01. The minimum atomic E-state index is 0.454. The summed E-state index contributed by atoms with van der Waals surface area (Å²) in [6, 6.07) is 0. The van der Waals surface area contributed by atoms with Crippen LogP contribution in [0.25, 0.3) is 0 Å². The highest BCUT2D eigenvalue weighted by atomic mass is 16.7. The molecule has 0 aromatic carbocycles. The van der Waals surface area contributed by atoms with Gasteiger partial charge in [-0.1, -0.05) is 6.08 Å². The third-order valence-corrected chi connectivity index (χ3v) is 0.342. The molecule has 0 bridgehead atoms. The largest absolute Gasteiger partial charge is 0.437 e. The Kier molecular flexibility index (Phi) is 4.56. The third-order valence-electron chi connectivity index (χ3n) is 0.342. The van der Waals surface area contributed by atoms with Crippen LogP contribution in [0.4, 0.5) is 0 Å². The molecule has 3 nitrogen and oxygen atoms in total. The van der Waals surface area contributed by atoms with Gasteiger partial charge in [0.1, 0.15) is 0 Å². The summed E-state index contributed by atoms with van der Waals surface area (Å²) < 4.78 is 0. The molecule has 39 valence electrons. The second-order valence-electron chi connectivity index (χ2n) is 0.823. The Bertz CT molecular complexity index is 54.7. The van der Waals surface area contributed by atoms with Gasteiger partial charge in [0.2, 0.25) is 0 Å². The molecule has 0 aliphatic rings. The first-order chi connectivity index (χ1) is 3.41. The molecular weight excluding hydrogens is 94.0 g/mol. The average Bonchev–Trinajstić information content (AvgIpc) is 1.69. The van der Waals surface area contributed by atoms with E-state index in [9.17, 15) is 4.79 Å². The van der Waals surface area contributed by atoms with Crippen molar-refractivity contribution in [1.82, 2.24) is 5.48 Å². The molecule has 0 aliphatic carbocycles. The van der Waals surface area contributed by atoms with Crippen molar-refractivity contribution in [2.75, 3.05) is 6.54 Å². The number of hydrogen-bond acceptors (Lipinski definition) is 3. The van der Waals surface area contributed by atoms with E-state index in [0.717, 1.165) is 0 Å². The highest BCUT2D eigenvalue weighted by Crippen LogP contribution is 1.56. The quantitative estimate of drug-likeness (QED) is 0.301. The Labute approximate surface area is 41.9 Å². The van der Waals surface area contributed by atoms with Crippen LogP contribution in [0.15, 0.2) is 12.7 Å². The number of hydroxylamine groups is 1. The Morgan fingerprint density at radius 2 is 2.71 bits per heavy atom. The van der Waals surface area contributed by atoms with E-state index >= 15 is 0 Å². The lowest BCUT2D eigenvalue weighted by molar-refractivity contribution is 0.180. The van der Waals surface area contributed by atoms with Crippen molar-refractivity contribution < 1.29 is 9.63 Å². The maximum Gasteiger partial charge on any atom is 0.437 e. The number of nitrogens with one attached hydrogen (secondary N) is 1. The monoisotopic (exact) mass is 100 g/mol. The average molecular weight is 100 g/mol. The molecule has 0 heterocycles. The number of carbonyl (C=O) groups excluding carboxylic acids is 1. The molecule has 0 rings (SSSR count). The molecule has 0 unspecified atom stereocenters. The van der Waals surface area contributed by atoms with E-state index < -0.39 is 0 Å². The predicted molar refractivity (Wildman–Crippen MR) is 25.0 cm³/mol. The zero-order valence-electron chi connectivity index (χ0n) is 3.81. The first kappa shape index (κ1) is 6.17. The Balaban J connectivity index is 2.68. The van der Waals surface area contributed by atoms with Gasteiger partial charge in [-0.15, -0.1) is 12.1 Å². The van der Waals surface area contributed by atoms with E-state index in [0.29, 0.717) is 6.54 Å². The van der Waals surface area contributed by atoms with Crippen LogP contribution in [0.3, 0.4) is 0 Å². The summed E-state index contributed by atoms with van der Waals surface area (Å²) in [5.41, 5.74) is 2.24. The van der Waals surface area contributed by atoms with Crippen molar-refractivity contribution >= 4 is 6.47 Å². The zero-order valence-corrected chi connectivity index (χ0v) is 3.81. The van der Waals surface area contributed by atoms with Crippen LogP contribution < -0.4 is 5.48 Å². The molecule has 0 spiro atoms. The molecule has 3 heteroatoms. The van der Waals surface area contributed by atoms with Crippen molar-refractivity contribution in [3.63, 3.8) is 0 Å². The van der Waals surface area contributed by atoms with Crippen LogP contribution in [-0.2, 0) is 9.63 Å². The minimum Gasteiger partial charge on any atom is -0.362 e. The molecule has 0 aliphatic heterocycles. The van der Waals surface area contributed by atoms with Crippen molar-refractivity contribution in [2.24, 2.45) is 0 Å². The molecule has 1 N–H and O–H groups in total. The van der Waals surface area contributed by atoms with Gasteiger partial charge in [0.05, 0.1) is 0 Å². The fourth-order valence-corrected chi connectivity index (χ4v) is 0.130. The lowest BCUT2D eigenvalue weighted by Crippen LogP contribution is -2.12. The minimum absolute atomic E-state index is 0.454. The van der Waals surface area contributed by atoms with E-state index in [-0.39, 0.29) is 0 Å². The molecule has 0 aromatic heterocycles. The van der Waals surface area contributed by atoms with Gasteiger partial charge in [0.25, 0.3) is 0 Å². The molecule has 0 amide bonds. The fraction of sp³-hybridized carbons (Fsp3) is 0.250. The van der Waals surface area contributed by atoms with Crippen LogP contribution in [0.2, 0.25) is 0 Å². The summed E-state index contributed by atoms with van der Waals surface area (Å²) in [5, 5.41) is 0. The SMILES string of the molecule is C=CCNO[C]=O. The van der Waals surface area contributed by atoms with E-state index in [4.69, 9.17) is 0 Å². The highest BCUT2D eigenvalue weighted by Gasteiger charge is 1.73. The molecule has 0 fully saturated rings. The third kappa shape index (κ3) is 5.17. The Hall–Kier alpha value is -0.830. The van der Waals surface area contributed by atoms with Crippen molar-refractivity contribution in [2.45, 2.75) is 0 Å². The van der Waals surface area contributed by atoms with Gasteiger partial charge in [-0.3, -0.25) is 0 Å². The first-order valence-corrected chi connectivity index (χ1v) is 1.78. The van der Waals surface area contributed by atoms with E-state index in [1.807, 2.05) is 0 Å². The first-order valence-electron chi connectivity index (χ1n) is 1.78. The lowest BCUT2D eigenvalue weighted by atomic mass is 10.7. The van der Waals surface area contributed by atoms with Gasteiger partial charge < -0.3 is 4.84 Å². The maximum atomic E-state index is 9.24. The normalized spacial score (nSPS) is 7.43. The maximum absolute atomic E-state index is 9.24. The van der Waals surface area contributed by atoms with Crippen LogP contribution in [0.1, 0.15) is 0 Å². The Morgan fingerprint density at radius 3 is 3.14 bits per heavy atom. The smallest absolute Gasteiger partial charge is 0.362 e. The molecular formula is C4H6NO2. The highest BCUT2D eigenvalue weighted by molar-refractivity contribution is 5.37. The molecule has 1 radical (unpaired) electrons. The van der Waals surface area contributed by atoms with Crippen molar-refractivity contribution in [3.8, 4) is 0 Å². The molecule has 7 heavy (non-hydrogen) atoms. The van der Waals surface area contributed by atoms with Gasteiger partial charge in [-0.05, 0) is 0 Å². The van der Waals surface area contributed by atoms with Gasteiger partial charge in [0.15, 0.2) is 0 Å². The molecule has 0 aromatic rings. The standard InChI is InChI=1S/C4H6NO2/c1-2-3-5-7-4-6/h2,5H,1,3H2. The predicted octanol–water partition coefficient (Wildman–Crippen LogP) is -0.239. The summed E-state index contributed by atoms with van der Waals surface area (Å²) >= 11 is 0. The van der Waals surface area contributed by atoms with Crippen LogP contribution >= 0.6 is 0 Å².